The van der Waals surface area contributed by atoms with Crippen LogP contribution in [0.5, 0.6) is 11.6 Å². The Labute approximate surface area is 128 Å². The molecule has 0 amide bonds. The molecule has 1 heterocycles. The quantitative estimate of drug-likeness (QED) is 0.664. The Morgan fingerprint density at radius 3 is 2.29 bits per heavy atom. The fraction of sp³-hybridized carbons (Fsp3) is 0.0588. The second-order valence-electron chi connectivity index (χ2n) is 4.57. The molecule has 3 rings (SSSR count). The number of ether oxygens (including phenoxy) is 1. The fourth-order valence-electron chi connectivity index (χ4n) is 2.00. The van der Waals surface area contributed by atoms with Crippen LogP contribution < -0.4 is 4.74 Å². The summed E-state index contributed by atoms with van der Waals surface area (Å²) in [5, 5.41) is 0.174. The van der Waals surface area contributed by atoms with Gasteiger partial charge in [-0.25, -0.2) is 4.98 Å². The molecule has 1 aromatic heterocycles. The number of hydrogen-bond donors (Lipinski definition) is 0. The van der Waals surface area contributed by atoms with Gasteiger partial charge in [0, 0.05) is 12.3 Å². The second kappa shape index (κ2) is 6.37. The van der Waals surface area contributed by atoms with Crippen LogP contribution in [0.15, 0.2) is 66.9 Å². The fourth-order valence-corrected chi connectivity index (χ4v) is 2.14. The van der Waals surface area contributed by atoms with Crippen LogP contribution in [-0.4, -0.2) is 9.97 Å². The van der Waals surface area contributed by atoms with Crippen molar-refractivity contribution in [2.24, 2.45) is 0 Å². The summed E-state index contributed by atoms with van der Waals surface area (Å²) < 4.78 is 5.63. The molecule has 0 unspecified atom stereocenters. The van der Waals surface area contributed by atoms with E-state index in [1.54, 1.807) is 12.3 Å². The third-order valence-corrected chi connectivity index (χ3v) is 3.18. The zero-order valence-electron chi connectivity index (χ0n) is 11.2. The van der Waals surface area contributed by atoms with E-state index in [2.05, 4.69) is 22.1 Å². The van der Waals surface area contributed by atoms with E-state index in [1.165, 1.54) is 11.1 Å². The van der Waals surface area contributed by atoms with Gasteiger partial charge in [0.25, 0.3) is 0 Å². The number of halogens is 1. The van der Waals surface area contributed by atoms with Crippen LogP contribution in [0.25, 0.3) is 0 Å². The number of rotatable bonds is 4. The summed E-state index contributed by atoms with van der Waals surface area (Å²) in [5.41, 5.74) is 2.52. The summed E-state index contributed by atoms with van der Waals surface area (Å²) in [6.45, 7) is 0. The van der Waals surface area contributed by atoms with Gasteiger partial charge in [0.15, 0.2) is 0 Å². The molecule has 21 heavy (non-hydrogen) atoms. The van der Waals surface area contributed by atoms with E-state index in [1.807, 2.05) is 42.5 Å². The lowest BCUT2D eigenvalue weighted by molar-refractivity contribution is 0.461. The van der Waals surface area contributed by atoms with Gasteiger partial charge >= 0.3 is 0 Å². The highest BCUT2D eigenvalue weighted by atomic mass is 35.5. The van der Waals surface area contributed by atoms with Crippen LogP contribution >= 0.6 is 11.6 Å². The SMILES string of the molecule is Clc1nccc(Oc2ccc(Cc3ccccc3)cc2)n1. The van der Waals surface area contributed by atoms with E-state index in [4.69, 9.17) is 16.3 Å². The van der Waals surface area contributed by atoms with Gasteiger partial charge in [-0.15, -0.1) is 0 Å². The lowest BCUT2D eigenvalue weighted by atomic mass is 10.1. The predicted octanol–water partition coefficient (Wildman–Crippen LogP) is 4.51. The van der Waals surface area contributed by atoms with Crippen LogP contribution in [0.2, 0.25) is 5.28 Å². The monoisotopic (exact) mass is 296 g/mol. The van der Waals surface area contributed by atoms with E-state index in [0.29, 0.717) is 5.88 Å². The third-order valence-electron chi connectivity index (χ3n) is 3.00. The third kappa shape index (κ3) is 3.80. The first-order valence-electron chi connectivity index (χ1n) is 6.59. The molecule has 0 atom stereocenters. The number of nitrogens with zero attached hydrogens (tertiary/aromatic N) is 2. The smallest absolute Gasteiger partial charge is 0.225 e. The normalized spacial score (nSPS) is 10.3. The molecule has 0 saturated heterocycles. The van der Waals surface area contributed by atoms with Crippen LogP contribution in [0.3, 0.4) is 0 Å². The van der Waals surface area contributed by atoms with Crippen molar-refractivity contribution in [3.8, 4) is 11.6 Å². The highest BCUT2D eigenvalue weighted by molar-refractivity contribution is 6.28. The van der Waals surface area contributed by atoms with Crippen molar-refractivity contribution in [3.63, 3.8) is 0 Å². The minimum atomic E-state index is 0.174. The first kappa shape index (κ1) is 13.6. The lowest BCUT2D eigenvalue weighted by Gasteiger charge is -2.06. The van der Waals surface area contributed by atoms with Gasteiger partial charge in [-0.05, 0) is 41.3 Å². The highest BCUT2D eigenvalue weighted by Gasteiger charge is 2.01. The lowest BCUT2D eigenvalue weighted by Crippen LogP contribution is -1.91. The summed E-state index contributed by atoms with van der Waals surface area (Å²) in [5.74, 6) is 1.16. The van der Waals surface area contributed by atoms with Gasteiger partial charge in [0.05, 0.1) is 0 Å². The Bertz CT molecular complexity index is 714. The molecule has 0 aliphatic rings. The summed E-state index contributed by atoms with van der Waals surface area (Å²) in [6, 6.07) is 20.0. The molecule has 0 saturated carbocycles. The maximum absolute atomic E-state index is 5.72. The van der Waals surface area contributed by atoms with E-state index in [9.17, 15) is 0 Å². The van der Waals surface area contributed by atoms with Crippen molar-refractivity contribution >= 4 is 11.6 Å². The Hall–Kier alpha value is -2.39. The molecule has 4 heteroatoms. The van der Waals surface area contributed by atoms with Gasteiger partial charge < -0.3 is 4.74 Å². The molecule has 0 spiro atoms. The van der Waals surface area contributed by atoms with E-state index in [0.717, 1.165) is 12.2 Å². The number of benzene rings is 2. The predicted molar refractivity (Wildman–Crippen MR) is 82.8 cm³/mol. The molecule has 3 nitrogen and oxygen atoms in total. The Balaban J connectivity index is 1.69. The van der Waals surface area contributed by atoms with Crippen molar-refractivity contribution in [2.45, 2.75) is 6.42 Å². The molecule has 0 bridgehead atoms. The van der Waals surface area contributed by atoms with Crippen molar-refractivity contribution in [3.05, 3.63) is 83.3 Å². The molecule has 3 aromatic rings. The summed E-state index contributed by atoms with van der Waals surface area (Å²) >= 11 is 5.72. The molecular weight excluding hydrogens is 284 g/mol. The van der Waals surface area contributed by atoms with Crippen molar-refractivity contribution in [2.75, 3.05) is 0 Å². The van der Waals surface area contributed by atoms with Crippen molar-refractivity contribution in [1.29, 1.82) is 0 Å². The minimum absolute atomic E-state index is 0.174. The Morgan fingerprint density at radius 1 is 0.857 bits per heavy atom. The van der Waals surface area contributed by atoms with Crippen LogP contribution in [0.1, 0.15) is 11.1 Å². The number of aromatic nitrogens is 2. The van der Waals surface area contributed by atoms with Gasteiger partial charge in [-0.2, -0.15) is 4.98 Å². The molecule has 0 aliphatic heterocycles. The van der Waals surface area contributed by atoms with E-state index < -0.39 is 0 Å². The average Bonchev–Trinajstić information content (AvgIpc) is 2.50. The van der Waals surface area contributed by atoms with Crippen LogP contribution in [0.4, 0.5) is 0 Å². The minimum Gasteiger partial charge on any atom is -0.439 e. The van der Waals surface area contributed by atoms with Crippen LogP contribution in [0, 0.1) is 0 Å². The maximum Gasteiger partial charge on any atom is 0.225 e. The zero-order valence-corrected chi connectivity index (χ0v) is 12.0. The highest BCUT2D eigenvalue weighted by Crippen LogP contribution is 2.21. The molecule has 0 N–H and O–H groups in total. The zero-order chi connectivity index (χ0) is 14.5. The standard InChI is InChI=1S/C17H13ClN2O/c18-17-19-11-10-16(20-17)21-15-8-6-14(7-9-15)12-13-4-2-1-3-5-13/h1-11H,12H2. The van der Waals surface area contributed by atoms with Crippen molar-refractivity contribution < 1.29 is 4.74 Å². The van der Waals surface area contributed by atoms with E-state index in [-0.39, 0.29) is 5.28 Å². The van der Waals surface area contributed by atoms with Crippen molar-refractivity contribution in [1.82, 2.24) is 9.97 Å². The van der Waals surface area contributed by atoms with Gasteiger partial charge in [-0.1, -0.05) is 42.5 Å². The summed E-state index contributed by atoms with van der Waals surface area (Å²) in [4.78, 5) is 7.81. The maximum atomic E-state index is 5.72. The first-order chi connectivity index (χ1) is 10.3. The molecule has 0 fully saturated rings. The molecule has 0 radical (unpaired) electrons. The second-order valence-corrected chi connectivity index (χ2v) is 4.91. The Kier molecular flexibility index (Phi) is 4.12. The molecule has 0 aliphatic carbocycles. The van der Waals surface area contributed by atoms with Gasteiger partial charge in [-0.3, -0.25) is 0 Å². The van der Waals surface area contributed by atoms with Gasteiger partial charge in [0.1, 0.15) is 5.75 Å². The number of hydrogen-bond acceptors (Lipinski definition) is 3. The van der Waals surface area contributed by atoms with Gasteiger partial charge in [0.2, 0.25) is 11.2 Å². The largest absolute Gasteiger partial charge is 0.439 e. The average molecular weight is 297 g/mol. The van der Waals surface area contributed by atoms with E-state index >= 15 is 0 Å². The molecule has 2 aromatic carbocycles. The summed E-state index contributed by atoms with van der Waals surface area (Å²) in [7, 11) is 0. The first-order valence-corrected chi connectivity index (χ1v) is 6.97. The van der Waals surface area contributed by atoms with Crippen LogP contribution in [-0.2, 0) is 6.42 Å². The topological polar surface area (TPSA) is 35.0 Å². The summed E-state index contributed by atoms with van der Waals surface area (Å²) in [6.07, 6.45) is 2.47. The molecular formula is C17H13ClN2O. The molecule has 104 valence electrons. The Morgan fingerprint density at radius 2 is 1.57 bits per heavy atom.